The fourth-order valence-corrected chi connectivity index (χ4v) is 8.95. The number of aliphatic hydroxyl groups excluding tert-OH is 1. The van der Waals surface area contributed by atoms with Crippen LogP contribution in [-0.4, -0.2) is 138 Å². The number of amides is 7. The number of aromatic nitrogens is 2. The minimum Gasteiger partial charge on any atom is -0.394 e. The van der Waals surface area contributed by atoms with E-state index in [0.717, 1.165) is 51.9 Å². The van der Waals surface area contributed by atoms with Crippen molar-refractivity contribution >= 4 is 61.8 Å². The Labute approximate surface area is 422 Å². The third-order valence-corrected chi connectivity index (χ3v) is 13.1. The summed E-state index contributed by atoms with van der Waals surface area (Å²) in [6.07, 6.45) is 11.7. The Hall–Kier alpha value is -4.90. The number of phosphoric acid groups is 1. The second-order valence-electron chi connectivity index (χ2n) is 18.4. The molecule has 7 amide bonds. The molecule has 398 valence electrons. The molecule has 1 fully saturated rings. The summed E-state index contributed by atoms with van der Waals surface area (Å²) >= 11 is 4.03. The Balaban J connectivity index is 1.74. The lowest BCUT2D eigenvalue weighted by Gasteiger charge is -2.29. The Kier molecular flexibility index (Phi) is 26.8. The number of nitrogens with zero attached hydrogens (tertiary/aromatic N) is 3. The number of hydrogen-bond donors (Lipinski definition) is 11. The minimum atomic E-state index is -5.13. The SMILES string of the molecule is CC(C)C[C@H](NC(=O)[C@@H]1CCCN1C(=O)CCCCCNC(=O)[C@@H](N)CS)C(=O)N[C@@H](Cc1nccn1CCCCCCCCc1ccccc1)C(=O)N[C@@H](CO)C(=O)N[C@H](C(N)=O)[C@@H](C)OP(=O)(O)O. The van der Waals surface area contributed by atoms with Crippen LogP contribution in [0.3, 0.4) is 0 Å². The van der Waals surface area contributed by atoms with E-state index in [2.05, 4.69) is 60.9 Å². The van der Waals surface area contributed by atoms with Crippen molar-refractivity contribution in [2.75, 3.05) is 25.4 Å². The smallest absolute Gasteiger partial charge is 0.394 e. The lowest BCUT2D eigenvalue weighted by Crippen LogP contribution is -2.61. The highest BCUT2D eigenvalue weighted by molar-refractivity contribution is 7.80. The van der Waals surface area contributed by atoms with Crippen LogP contribution in [0.4, 0.5) is 0 Å². The lowest BCUT2D eigenvalue weighted by atomic mass is 10.0. The fraction of sp³-hybridized carbons (Fsp3) is 0.660. The molecule has 0 unspecified atom stereocenters. The molecule has 12 N–H and O–H groups in total. The number of thiol groups is 1. The molecule has 1 aromatic heterocycles. The average molecular weight is 1040 g/mol. The largest absolute Gasteiger partial charge is 0.469 e. The molecular formula is C47H77N10O12PS. The first kappa shape index (κ1) is 60.4. The van der Waals surface area contributed by atoms with Gasteiger partial charge in [0.2, 0.25) is 41.4 Å². The average Bonchev–Trinajstić information content (AvgIpc) is 4.00. The number of imidazole rings is 1. The van der Waals surface area contributed by atoms with Gasteiger partial charge < -0.3 is 62.4 Å². The van der Waals surface area contributed by atoms with Gasteiger partial charge in [0.1, 0.15) is 36.0 Å². The van der Waals surface area contributed by atoms with E-state index in [9.17, 15) is 53.0 Å². The molecule has 0 radical (unpaired) electrons. The summed E-state index contributed by atoms with van der Waals surface area (Å²) in [5.74, 6) is -4.60. The minimum absolute atomic E-state index is 0.126. The van der Waals surface area contributed by atoms with Crippen LogP contribution in [0.2, 0.25) is 0 Å². The zero-order valence-corrected chi connectivity index (χ0v) is 43.0. The van der Waals surface area contributed by atoms with E-state index in [4.69, 9.17) is 11.5 Å². The van der Waals surface area contributed by atoms with Crippen molar-refractivity contribution in [3.63, 3.8) is 0 Å². The summed E-state index contributed by atoms with van der Waals surface area (Å²) in [6, 6.07) is 2.64. The van der Waals surface area contributed by atoms with Gasteiger partial charge in [-0.2, -0.15) is 12.6 Å². The third kappa shape index (κ3) is 22.2. The molecule has 1 aliphatic heterocycles. The van der Waals surface area contributed by atoms with E-state index in [1.807, 2.05) is 36.6 Å². The van der Waals surface area contributed by atoms with Crippen LogP contribution in [0.15, 0.2) is 42.7 Å². The van der Waals surface area contributed by atoms with Gasteiger partial charge >= 0.3 is 7.82 Å². The van der Waals surface area contributed by atoms with Crippen molar-refractivity contribution in [3.05, 3.63) is 54.1 Å². The van der Waals surface area contributed by atoms with E-state index in [1.54, 1.807) is 12.4 Å². The zero-order valence-electron chi connectivity index (χ0n) is 41.2. The fourth-order valence-electron chi connectivity index (χ4n) is 8.23. The molecule has 71 heavy (non-hydrogen) atoms. The van der Waals surface area contributed by atoms with Crippen LogP contribution >= 0.6 is 20.5 Å². The molecule has 22 nitrogen and oxygen atoms in total. The van der Waals surface area contributed by atoms with Gasteiger partial charge in [-0.25, -0.2) is 9.55 Å². The maximum atomic E-state index is 14.3. The van der Waals surface area contributed by atoms with Gasteiger partial charge in [-0.1, -0.05) is 76.3 Å². The second kappa shape index (κ2) is 31.5. The van der Waals surface area contributed by atoms with Crippen molar-refractivity contribution in [2.45, 2.75) is 166 Å². The predicted octanol–water partition coefficient (Wildman–Crippen LogP) is 0.894. The number of carbonyl (C=O) groups excluding carboxylic acids is 7. The van der Waals surface area contributed by atoms with Gasteiger partial charge in [0.15, 0.2) is 0 Å². The quantitative estimate of drug-likeness (QED) is 0.0264. The maximum absolute atomic E-state index is 14.3. The van der Waals surface area contributed by atoms with Crippen molar-refractivity contribution in [1.82, 2.24) is 41.0 Å². The molecule has 24 heteroatoms. The molecule has 1 aromatic carbocycles. The molecule has 2 aromatic rings. The van der Waals surface area contributed by atoms with Crippen LogP contribution in [0.5, 0.6) is 0 Å². The number of unbranched alkanes of at least 4 members (excludes halogenated alkanes) is 7. The topological polar surface area (TPSA) is 340 Å². The van der Waals surface area contributed by atoms with Gasteiger partial charge in [-0.3, -0.25) is 38.1 Å². The Morgan fingerprint density at radius 3 is 2.13 bits per heavy atom. The van der Waals surface area contributed by atoms with E-state index >= 15 is 0 Å². The highest BCUT2D eigenvalue weighted by Gasteiger charge is 2.38. The number of aliphatic hydroxyl groups is 1. The van der Waals surface area contributed by atoms with Crippen LogP contribution in [-0.2, 0) is 62.0 Å². The molecule has 1 aliphatic rings. The molecule has 3 rings (SSSR count). The van der Waals surface area contributed by atoms with Crippen molar-refractivity contribution in [1.29, 1.82) is 0 Å². The van der Waals surface area contributed by atoms with Gasteiger partial charge in [-0.15, -0.1) is 0 Å². The molecule has 1 saturated heterocycles. The number of rotatable bonds is 34. The number of likely N-dealkylation sites (tertiary alicyclic amines) is 1. The third-order valence-electron chi connectivity index (χ3n) is 12.1. The summed E-state index contributed by atoms with van der Waals surface area (Å²) in [4.78, 5) is 118. The van der Waals surface area contributed by atoms with E-state index in [0.29, 0.717) is 57.6 Å². The summed E-state index contributed by atoms with van der Waals surface area (Å²) in [7, 11) is -5.13. The van der Waals surface area contributed by atoms with Gasteiger partial charge in [-0.05, 0) is 69.8 Å². The number of carbonyl (C=O) groups is 7. The van der Waals surface area contributed by atoms with Gasteiger partial charge in [0.25, 0.3) is 0 Å². The van der Waals surface area contributed by atoms with Crippen LogP contribution in [0.25, 0.3) is 0 Å². The summed E-state index contributed by atoms with van der Waals surface area (Å²) in [5.41, 5.74) is 12.4. The highest BCUT2D eigenvalue weighted by Crippen LogP contribution is 2.38. The number of nitrogens with one attached hydrogen (secondary N) is 5. The van der Waals surface area contributed by atoms with Crippen molar-refractivity contribution in [2.24, 2.45) is 17.4 Å². The molecular weight excluding hydrogens is 960 g/mol. The number of hydrogen-bond acceptors (Lipinski definition) is 13. The standard InChI is InChI=1S/C47H77N10O12PS/c1-31(2)27-35(53-47(65)38-20-16-25-57(38)40(59)21-13-9-14-22-51-43(61)34(48)30-71)44(62)52-36(45(63)54-37(29-58)46(64)55-41(42(49)60)32(3)69-70(66,67)68)28-39-50-23-26-56(39)24-15-7-5-4-6-10-17-33-18-11-8-12-19-33/h8,11-12,18-19,23,26,31-32,34-38,41,58,71H,4-7,9-10,13-17,20-22,24-25,27-30,48H2,1-3H3,(H2,49,60)(H,51,61)(H,52,62)(H,53,65)(H,54,63)(H,55,64)(H2,66,67,68)/t32-,34+,35+,36+,37+,38+,41+/m1/s1. The van der Waals surface area contributed by atoms with Crippen molar-refractivity contribution < 1.29 is 57.5 Å². The van der Waals surface area contributed by atoms with E-state index in [1.165, 1.54) is 10.5 Å². The highest BCUT2D eigenvalue weighted by atomic mass is 32.1. The number of phosphoric ester groups is 1. The van der Waals surface area contributed by atoms with Gasteiger partial charge in [0, 0.05) is 50.6 Å². The predicted molar refractivity (Wildman–Crippen MR) is 268 cm³/mol. The Morgan fingerprint density at radius 2 is 1.48 bits per heavy atom. The van der Waals surface area contributed by atoms with Crippen molar-refractivity contribution in [3.8, 4) is 0 Å². The first-order valence-electron chi connectivity index (χ1n) is 24.6. The van der Waals surface area contributed by atoms with Crippen LogP contribution in [0, 0.1) is 5.92 Å². The molecule has 0 bridgehead atoms. The molecule has 2 heterocycles. The molecule has 7 atom stereocenters. The summed E-state index contributed by atoms with van der Waals surface area (Å²) in [5, 5.41) is 23.1. The van der Waals surface area contributed by atoms with Crippen LogP contribution < -0.4 is 38.1 Å². The summed E-state index contributed by atoms with van der Waals surface area (Å²) in [6.45, 7) is 5.07. The number of nitrogens with two attached hydrogens (primary N) is 2. The normalized spacial score (nSPS) is 16.3. The molecule has 0 aliphatic carbocycles. The maximum Gasteiger partial charge on any atom is 0.469 e. The number of aryl methyl sites for hydroxylation is 2. The van der Waals surface area contributed by atoms with E-state index in [-0.39, 0.29) is 42.7 Å². The monoisotopic (exact) mass is 1040 g/mol. The van der Waals surface area contributed by atoms with Crippen LogP contribution in [0.1, 0.15) is 116 Å². The van der Waals surface area contributed by atoms with Gasteiger partial charge in [0.05, 0.1) is 18.8 Å². The molecule has 0 saturated carbocycles. The first-order chi connectivity index (χ1) is 33.7. The molecule has 0 spiro atoms. The summed E-state index contributed by atoms with van der Waals surface area (Å²) < 4.78 is 17.8. The number of benzene rings is 1. The Bertz CT molecular complexity index is 2060. The number of primary amides is 1. The van der Waals surface area contributed by atoms with E-state index < -0.39 is 86.3 Å². The lowest BCUT2D eigenvalue weighted by molar-refractivity contribution is -0.140. The second-order valence-corrected chi connectivity index (χ2v) is 20.0. The first-order valence-corrected chi connectivity index (χ1v) is 26.7. The zero-order chi connectivity index (χ0) is 52.5. The Morgan fingerprint density at radius 1 is 0.845 bits per heavy atom.